The van der Waals surface area contributed by atoms with Gasteiger partial charge < -0.3 is 10.8 Å². The van der Waals surface area contributed by atoms with Gasteiger partial charge in [-0.1, -0.05) is 114 Å². The minimum absolute atomic E-state index is 0.0231. The summed E-state index contributed by atoms with van der Waals surface area (Å²) in [6.07, 6.45) is 4.06. The number of carboxylic acids is 1. The van der Waals surface area contributed by atoms with Gasteiger partial charge in [0.05, 0.1) is 33.5 Å². The van der Waals surface area contributed by atoms with E-state index < -0.39 is 12.0 Å². The standard InChI is InChI=1S/2C10H19N3O.2C10H19N3.C7H15NO2S/c2*1-9(2,3)7-8(14)13(12-11-7)10(4,5)6;2*1-9(2,3)8-7-13(12-11-8)10(4,5)6;1-7(2,3)11-4-5(8)6(9)10/h2*12H,1-6H3;2*7H,1-6H3;5H,4,8H2,1-3H3,(H,9,10). The Balaban J connectivity index is 0.000000790. The number of aromatic amines is 2. The van der Waals surface area contributed by atoms with Crippen molar-refractivity contribution in [3.05, 3.63) is 55.9 Å². The van der Waals surface area contributed by atoms with Gasteiger partial charge >= 0.3 is 5.97 Å². The van der Waals surface area contributed by atoms with Crippen LogP contribution in [0.5, 0.6) is 0 Å². The minimum Gasteiger partial charge on any atom is -0.480 e. The predicted octanol–water partition coefficient (Wildman–Crippen LogP) is 8.84. The van der Waals surface area contributed by atoms with Gasteiger partial charge in [0.15, 0.2) is 0 Å². The molecule has 5 N–H and O–H groups in total. The molecule has 17 nitrogen and oxygen atoms in total. The number of nitrogens with zero attached hydrogens (tertiary/aromatic N) is 10. The van der Waals surface area contributed by atoms with Crippen LogP contribution in [0.25, 0.3) is 0 Å². The van der Waals surface area contributed by atoms with E-state index in [2.05, 4.69) is 124 Å². The molecule has 0 aromatic carbocycles. The van der Waals surface area contributed by atoms with Crippen molar-refractivity contribution in [2.45, 2.75) is 242 Å². The van der Waals surface area contributed by atoms with Crippen molar-refractivity contribution in [3.8, 4) is 0 Å². The van der Waals surface area contributed by atoms with Gasteiger partial charge in [-0.3, -0.25) is 14.4 Å². The highest BCUT2D eigenvalue weighted by Gasteiger charge is 2.28. The lowest BCUT2D eigenvalue weighted by Crippen LogP contribution is -2.35. The smallest absolute Gasteiger partial charge is 0.321 e. The largest absolute Gasteiger partial charge is 0.480 e. The van der Waals surface area contributed by atoms with Crippen molar-refractivity contribution >= 4 is 17.7 Å². The van der Waals surface area contributed by atoms with Crippen molar-refractivity contribution in [1.29, 1.82) is 0 Å². The fourth-order valence-electron chi connectivity index (χ4n) is 4.77. The Morgan fingerprint density at radius 3 is 0.985 bits per heavy atom. The van der Waals surface area contributed by atoms with Crippen LogP contribution in [-0.4, -0.2) is 87.6 Å². The molecule has 0 fully saturated rings. The number of carboxylic acid groups (broad SMARTS) is 1. The van der Waals surface area contributed by atoms with Crippen molar-refractivity contribution in [2.24, 2.45) is 5.73 Å². The summed E-state index contributed by atoms with van der Waals surface area (Å²) in [6, 6.07) is -0.737. The Morgan fingerprint density at radius 1 is 0.554 bits per heavy atom. The molecule has 4 heterocycles. The first-order chi connectivity index (χ1) is 28.5. The zero-order valence-corrected chi connectivity index (χ0v) is 46.4. The highest BCUT2D eigenvalue weighted by atomic mass is 32.2. The SMILES string of the molecule is CC(C)(C)SCC(N)C(=O)O.CC(C)(C)c1cn(C(C)(C)C)nn1.CC(C)(C)c1cn(C(C)(C)C)nn1.CC(C)(C)c1n[nH]n(C(C)(C)C)c1=O.CC(C)(C)c1n[nH]n(C(C)(C)C)c1=O. The first kappa shape index (κ1) is 60.9. The van der Waals surface area contributed by atoms with Crippen LogP contribution in [0.3, 0.4) is 0 Å². The number of H-pyrrole nitrogens is 2. The van der Waals surface area contributed by atoms with E-state index >= 15 is 0 Å². The topological polar surface area (TPSA) is 226 Å². The second-order valence-corrected chi connectivity index (χ2v) is 27.4. The summed E-state index contributed by atoms with van der Waals surface area (Å²) in [7, 11) is 0. The Bertz CT molecular complexity index is 1910. The minimum atomic E-state index is -0.929. The summed E-state index contributed by atoms with van der Waals surface area (Å²) in [5, 5.41) is 38.7. The Hall–Kier alpha value is -4.06. The molecule has 0 amide bonds. The van der Waals surface area contributed by atoms with Crippen molar-refractivity contribution in [2.75, 3.05) is 5.75 Å². The fourth-order valence-corrected chi connectivity index (χ4v) is 5.59. The summed E-state index contributed by atoms with van der Waals surface area (Å²) in [5.74, 6) is -0.458. The van der Waals surface area contributed by atoms with Crippen molar-refractivity contribution in [3.63, 3.8) is 0 Å². The Kier molecular flexibility index (Phi) is 20.4. The number of rotatable bonds is 3. The number of thioether (sulfide) groups is 1. The molecule has 0 spiro atoms. The van der Waals surface area contributed by atoms with Crippen LogP contribution in [0.2, 0.25) is 0 Å². The van der Waals surface area contributed by atoms with E-state index in [0.29, 0.717) is 17.1 Å². The molecule has 18 heteroatoms. The number of carbonyl (C=O) groups is 1. The molecule has 0 aliphatic carbocycles. The first-order valence-corrected chi connectivity index (χ1v) is 23.4. The van der Waals surface area contributed by atoms with Gasteiger partial charge in [0.2, 0.25) is 0 Å². The first-order valence-electron chi connectivity index (χ1n) is 22.4. The maximum Gasteiger partial charge on any atom is 0.321 e. The van der Waals surface area contributed by atoms with E-state index in [0.717, 1.165) is 11.4 Å². The molecule has 4 rings (SSSR count). The van der Waals surface area contributed by atoms with Crippen LogP contribution < -0.4 is 16.9 Å². The quantitative estimate of drug-likeness (QED) is 0.151. The van der Waals surface area contributed by atoms with E-state index in [-0.39, 0.29) is 59.7 Å². The third-order valence-corrected chi connectivity index (χ3v) is 10.4. The summed E-state index contributed by atoms with van der Waals surface area (Å²) in [4.78, 5) is 34.1. The van der Waals surface area contributed by atoms with Gasteiger partial charge in [-0.05, 0) is 83.1 Å². The van der Waals surface area contributed by atoms with Crippen LogP contribution in [0, 0.1) is 0 Å². The summed E-state index contributed by atoms with van der Waals surface area (Å²) in [6.45, 7) is 55.4. The average Bonchev–Trinajstić information content (AvgIpc) is 3.87. The molecule has 0 aliphatic heterocycles. The van der Waals surface area contributed by atoms with E-state index in [1.807, 2.05) is 126 Å². The molecule has 0 saturated carbocycles. The zero-order valence-electron chi connectivity index (χ0n) is 45.6. The van der Waals surface area contributed by atoms with Crippen LogP contribution in [0.15, 0.2) is 22.0 Å². The lowest BCUT2D eigenvalue weighted by atomic mass is 9.93. The fraction of sp³-hybridized carbons (Fsp3) is 0.809. The molecule has 0 saturated heterocycles. The lowest BCUT2D eigenvalue weighted by Gasteiger charge is -2.18. The number of aliphatic carboxylic acids is 1. The Morgan fingerprint density at radius 2 is 0.846 bits per heavy atom. The van der Waals surface area contributed by atoms with Gasteiger partial charge in [-0.2, -0.15) is 22.0 Å². The maximum atomic E-state index is 11.9. The zero-order chi connectivity index (χ0) is 51.9. The monoisotopic (exact) mass is 934 g/mol. The molecular weight excluding hydrogens is 843 g/mol. The van der Waals surface area contributed by atoms with Gasteiger partial charge in [0.25, 0.3) is 11.1 Å². The van der Waals surface area contributed by atoms with E-state index in [1.54, 1.807) is 21.1 Å². The summed E-state index contributed by atoms with van der Waals surface area (Å²) >= 11 is 1.56. The third-order valence-electron chi connectivity index (χ3n) is 9.01. The third kappa shape index (κ3) is 21.0. The highest BCUT2D eigenvalue weighted by molar-refractivity contribution is 8.00. The molecule has 4 aromatic heterocycles. The maximum absolute atomic E-state index is 11.9. The average molecular weight is 934 g/mol. The van der Waals surface area contributed by atoms with E-state index in [9.17, 15) is 14.4 Å². The molecule has 1 unspecified atom stereocenters. The number of hydrogen-bond acceptors (Lipinski definition) is 11. The molecule has 0 bridgehead atoms. The molecular formula is C47H91N13O4S. The number of nitrogens with two attached hydrogens (primary N) is 1. The number of nitrogens with one attached hydrogen (secondary N) is 2. The van der Waals surface area contributed by atoms with Gasteiger partial charge in [0, 0.05) is 44.6 Å². The van der Waals surface area contributed by atoms with Crippen molar-refractivity contribution in [1.82, 2.24) is 60.0 Å². The lowest BCUT2D eigenvalue weighted by molar-refractivity contribution is -0.137. The molecule has 0 aliphatic rings. The summed E-state index contributed by atoms with van der Waals surface area (Å²) in [5.41, 5.74) is 7.85. The molecule has 65 heavy (non-hydrogen) atoms. The van der Waals surface area contributed by atoms with Gasteiger partial charge in [-0.25, -0.2) is 29.2 Å². The Labute approximate surface area is 395 Å². The van der Waals surface area contributed by atoms with Crippen LogP contribution in [0.4, 0.5) is 0 Å². The normalized spacial score (nSPS) is 13.5. The van der Waals surface area contributed by atoms with Gasteiger partial charge in [-0.15, -0.1) is 10.2 Å². The second kappa shape index (κ2) is 21.7. The molecule has 1 atom stereocenters. The summed E-state index contributed by atoms with van der Waals surface area (Å²) < 4.78 is 7.04. The van der Waals surface area contributed by atoms with Crippen LogP contribution >= 0.6 is 11.8 Å². The predicted molar refractivity (Wildman–Crippen MR) is 268 cm³/mol. The number of aromatic nitrogens is 12. The van der Waals surface area contributed by atoms with E-state index in [1.165, 1.54) is 0 Å². The molecule has 374 valence electrons. The molecule has 0 radical (unpaired) electrons. The van der Waals surface area contributed by atoms with Gasteiger partial charge in [0.1, 0.15) is 17.4 Å². The highest BCUT2D eigenvalue weighted by Crippen LogP contribution is 2.25. The molecule has 4 aromatic rings. The van der Waals surface area contributed by atoms with Crippen molar-refractivity contribution < 1.29 is 9.90 Å². The van der Waals surface area contributed by atoms with E-state index in [4.69, 9.17) is 10.8 Å². The van der Waals surface area contributed by atoms with Crippen LogP contribution in [0.1, 0.15) is 210 Å². The second-order valence-electron chi connectivity index (χ2n) is 25.6. The number of hydrogen-bond donors (Lipinski definition) is 4. The van der Waals surface area contributed by atoms with Crippen LogP contribution in [-0.2, 0) is 48.6 Å².